The molecule has 0 spiro atoms. The first-order chi connectivity index (χ1) is 14.0. The number of ketones is 1. The third-order valence-corrected chi connectivity index (χ3v) is 4.69. The van der Waals surface area contributed by atoms with E-state index in [9.17, 15) is 9.18 Å². The molecule has 2 heterocycles. The number of imidazole rings is 1. The van der Waals surface area contributed by atoms with Crippen LogP contribution in [0.25, 0.3) is 16.9 Å². The third-order valence-electron chi connectivity index (χ3n) is 4.45. The van der Waals surface area contributed by atoms with E-state index in [-0.39, 0.29) is 5.78 Å². The summed E-state index contributed by atoms with van der Waals surface area (Å²) in [6.45, 7) is 2.05. The zero-order valence-corrected chi connectivity index (χ0v) is 16.4. The fourth-order valence-corrected chi connectivity index (χ4v) is 3.23. The number of Topliss-reactive ketones (excluding diaryl/α,β-unsaturated/α-hetero) is 1. The maximum atomic E-state index is 14.1. The fourth-order valence-electron chi connectivity index (χ4n) is 3.02. The van der Waals surface area contributed by atoms with E-state index in [1.165, 1.54) is 12.1 Å². The van der Waals surface area contributed by atoms with Crippen molar-refractivity contribution in [1.82, 2.24) is 14.6 Å². The van der Waals surface area contributed by atoms with Crippen LogP contribution in [0.1, 0.15) is 29.3 Å². The van der Waals surface area contributed by atoms with Crippen LogP contribution in [-0.2, 0) is 6.61 Å². The molecule has 0 radical (unpaired) electrons. The minimum absolute atomic E-state index is 0.127. The monoisotopic (exact) mass is 409 g/mol. The average Bonchev–Trinajstić information content (AvgIpc) is 3.14. The number of halogens is 2. The van der Waals surface area contributed by atoms with Gasteiger partial charge in [-0.2, -0.15) is 0 Å². The number of benzene rings is 2. The van der Waals surface area contributed by atoms with Crippen molar-refractivity contribution in [1.29, 1.82) is 0 Å². The lowest BCUT2D eigenvalue weighted by Crippen LogP contribution is -2.02. The zero-order chi connectivity index (χ0) is 20.4. The molecule has 2 aromatic carbocycles. The number of fused-ring (bicyclic) bond motifs is 1. The summed E-state index contributed by atoms with van der Waals surface area (Å²) in [6, 6.07) is 15.1. The second-order valence-electron chi connectivity index (χ2n) is 6.51. The second kappa shape index (κ2) is 8.01. The summed E-state index contributed by atoms with van der Waals surface area (Å²) in [4.78, 5) is 16.3. The van der Waals surface area contributed by atoms with Gasteiger partial charge >= 0.3 is 0 Å². The van der Waals surface area contributed by atoms with Gasteiger partial charge in [0.05, 0.1) is 11.9 Å². The molecule has 5 nitrogen and oxygen atoms in total. The Morgan fingerprint density at radius 2 is 2.03 bits per heavy atom. The predicted molar refractivity (Wildman–Crippen MR) is 109 cm³/mol. The summed E-state index contributed by atoms with van der Waals surface area (Å²) in [5.41, 5.74) is 2.92. The van der Waals surface area contributed by atoms with Crippen LogP contribution < -0.4 is 4.74 Å². The van der Waals surface area contributed by atoms with Crippen molar-refractivity contribution in [2.75, 3.05) is 0 Å². The van der Waals surface area contributed by atoms with Gasteiger partial charge < -0.3 is 4.74 Å². The van der Waals surface area contributed by atoms with Crippen LogP contribution in [0.5, 0.6) is 5.88 Å². The quantitative estimate of drug-likeness (QED) is 0.402. The molecule has 4 rings (SSSR count). The van der Waals surface area contributed by atoms with E-state index in [2.05, 4.69) is 10.1 Å². The van der Waals surface area contributed by atoms with E-state index in [0.29, 0.717) is 46.4 Å². The van der Waals surface area contributed by atoms with Crippen molar-refractivity contribution in [3.8, 4) is 17.1 Å². The molecule has 0 aliphatic heterocycles. The van der Waals surface area contributed by atoms with E-state index in [1.54, 1.807) is 41.9 Å². The Morgan fingerprint density at radius 1 is 1.17 bits per heavy atom. The molecular formula is C22H17ClFN3O2. The summed E-state index contributed by atoms with van der Waals surface area (Å²) in [5.74, 6) is -0.223. The van der Waals surface area contributed by atoms with Crippen molar-refractivity contribution in [3.05, 3.63) is 82.8 Å². The molecule has 29 heavy (non-hydrogen) atoms. The molecule has 0 saturated heterocycles. The van der Waals surface area contributed by atoms with Crippen molar-refractivity contribution in [2.24, 2.45) is 0 Å². The molecule has 0 saturated carbocycles. The Kier molecular flexibility index (Phi) is 5.27. The van der Waals surface area contributed by atoms with Gasteiger partial charge in [0.25, 0.3) is 0 Å². The lowest BCUT2D eigenvalue weighted by atomic mass is 10.0. The highest BCUT2D eigenvalue weighted by molar-refractivity contribution is 6.30. The van der Waals surface area contributed by atoms with Gasteiger partial charge in [-0.15, -0.1) is 5.10 Å². The van der Waals surface area contributed by atoms with Crippen LogP contribution in [-0.4, -0.2) is 20.4 Å². The number of ether oxygens (including phenoxy) is 1. The SMILES string of the molecule is CCC(=O)c1cc(F)cc(-c2cnc3ccc(OCc4cccc(Cl)c4)nn23)c1. The Labute approximate surface area is 171 Å². The molecule has 7 heteroatoms. The van der Waals surface area contributed by atoms with Crippen molar-refractivity contribution in [2.45, 2.75) is 20.0 Å². The van der Waals surface area contributed by atoms with Gasteiger partial charge in [0.15, 0.2) is 11.4 Å². The lowest BCUT2D eigenvalue weighted by Gasteiger charge is -2.08. The standard InChI is InChI=1S/C22H17ClFN3O2/c1-2-20(28)16-9-15(10-18(24)11-16)19-12-25-21-6-7-22(26-27(19)21)29-13-14-4-3-5-17(23)8-14/h3-12H,2,13H2,1H3. The van der Waals surface area contributed by atoms with Gasteiger partial charge in [0.2, 0.25) is 5.88 Å². The first-order valence-corrected chi connectivity index (χ1v) is 9.47. The summed E-state index contributed by atoms with van der Waals surface area (Å²) in [6.07, 6.45) is 1.90. The maximum Gasteiger partial charge on any atom is 0.232 e. The largest absolute Gasteiger partial charge is 0.472 e. The van der Waals surface area contributed by atoms with Crippen molar-refractivity contribution < 1.29 is 13.9 Å². The number of aromatic nitrogens is 3. The highest BCUT2D eigenvalue weighted by Gasteiger charge is 2.13. The maximum absolute atomic E-state index is 14.1. The molecule has 0 bridgehead atoms. The number of nitrogens with zero attached hydrogens (tertiary/aromatic N) is 3. The van der Waals surface area contributed by atoms with Crippen LogP contribution >= 0.6 is 11.6 Å². The van der Waals surface area contributed by atoms with E-state index in [0.717, 1.165) is 5.56 Å². The molecular weight excluding hydrogens is 393 g/mol. The Hall–Kier alpha value is -3.25. The first kappa shape index (κ1) is 19.1. The topological polar surface area (TPSA) is 56.5 Å². The lowest BCUT2D eigenvalue weighted by molar-refractivity contribution is 0.0987. The normalized spacial score (nSPS) is 11.0. The number of hydrogen-bond acceptors (Lipinski definition) is 4. The number of hydrogen-bond donors (Lipinski definition) is 0. The summed E-state index contributed by atoms with van der Waals surface area (Å²) < 4.78 is 21.4. The highest BCUT2D eigenvalue weighted by atomic mass is 35.5. The smallest absolute Gasteiger partial charge is 0.232 e. The average molecular weight is 410 g/mol. The van der Waals surface area contributed by atoms with Gasteiger partial charge in [-0.25, -0.2) is 13.9 Å². The fraction of sp³-hybridized carbons (Fsp3) is 0.136. The molecule has 0 amide bonds. The predicted octanol–water partition coefficient (Wildman–Crippen LogP) is 5.36. The third kappa shape index (κ3) is 4.12. The van der Waals surface area contributed by atoms with Crippen LogP contribution in [0.2, 0.25) is 5.02 Å². The number of rotatable bonds is 6. The first-order valence-electron chi connectivity index (χ1n) is 9.09. The van der Waals surface area contributed by atoms with Gasteiger partial charge in [0.1, 0.15) is 12.4 Å². The van der Waals surface area contributed by atoms with Gasteiger partial charge in [0, 0.05) is 28.6 Å². The molecule has 4 aromatic rings. The van der Waals surface area contributed by atoms with Crippen LogP contribution in [0.3, 0.4) is 0 Å². The van der Waals surface area contributed by atoms with E-state index in [1.807, 2.05) is 18.2 Å². The Balaban J connectivity index is 1.67. The number of carbonyl (C=O) groups excluding carboxylic acids is 1. The van der Waals surface area contributed by atoms with Crippen LogP contribution in [0.15, 0.2) is 60.8 Å². The Morgan fingerprint density at radius 3 is 2.83 bits per heavy atom. The van der Waals surface area contributed by atoms with Crippen molar-refractivity contribution in [3.63, 3.8) is 0 Å². The molecule has 0 atom stereocenters. The molecule has 2 aromatic heterocycles. The molecule has 0 unspecified atom stereocenters. The van der Waals surface area contributed by atoms with Gasteiger partial charge in [-0.05, 0) is 42.0 Å². The van der Waals surface area contributed by atoms with Gasteiger partial charge in [-0.1, -0.05) is 30.7 Å². The summed E-state index contributed by atoms with van der Waals surface area (Å²) >= 11 is 6.00. The molecule has 0 aliphatic rings. The van der Waals surface area contributed by atoms with Crippen LogP contribution in [0, 0.1) is 5.82 Å². The number of carbonyl (C=O) groups is 1. The minimum atomic E-state index is -0.484. The van der Waals surface area contributed by atoms with E-state index >= 15 is 0 Å². The van der Waals surface area contributed by atoms with Gasteiger partial charge in [-0.3, -0.25) is 4.79 Å². The molecule has 146 valence electrons. The highest BCUT2D eigenvalue weighted by Crippen LogP contribution is 2.24. The van der Waals surface area contributed by atoms with E-state index < -0.39 is 5.82 Å². The molecule has 0 aliphatic carbocycles. The second-order valence-corrected chi connectivity index (χ2v) is 6.95. The van der Waals surface area contributed by atoms with Crippen LogP contribution in [0.4, 0.5) is 4.39 Å². The summed E-state index contributed by atoms with van der Waals surface area (Å²) in [7, 11) is 0. The Bertz CT molecular complexity index is 1210. The molecule has 0 fully saturated rings. The van der Waals surface area contributed by atoms with E-state index in [4.69, 9.17) is 16.3 Å². The summed E-state index contributed by atoms with van der Waals surface area (Å²) in [5, 5.41) is 5.10. The van der Waals surface area contributed by atoms with Crippen molar-refractivity contribution >= 4 is 23.0 Å². The minimum Gasteiger partial charge on any atom is -0.472 e. The molecule has 0 N–H and O–H groups in total. The zero-order valence-electron chi connectivity index (χ0n) is 15.6.